The molecule has 0 aromatic heterocycles. The number of likely N-dealkylation sites (tertiary alicyclic amines) is 1. The number of nitrogens with zero attached hydrogens (tertiary/aromatic N) is 1. The molecule has 1 fully saturated rings. The lowest BCUT2D eigenvalue weighted by Gasteiger charge is -2.23. The van der Waals surface area contributed by atoms with E-state index in [2.05, 4.69) is 24.4 Å². The van der Waals surface area contributed by atoms with E-state index in [0.29, 0.717) is 13.0 Å². The average Bonchev–Trinajstić information content (AvgIpc) is 2.96. The zero-order chi connectivity index (χ0) is 14.5. The Morgan fingerprint density at radius 3 is 2.50 bits per heavy atom. The molecule has 2 amide bonds. The van der Waals surface area contributed by atoms with Gasteiger partial charge in [-0.2, -0.15) is 0 Å². The summed E-state index contributed by atoms with van der Waals surface area (Å²) >= 11 is 0. The molecule has 0 radical (unpaired) electrons. The SMILES string of the molecule is CCc1ccc(CC(=O)N2CCCC2C(=O)NC)cc1. The Morgan fingerprint density at radius 1 is 1.25 bits per heavy atom. The minimum atomic E-state index is -0.289. The zero-order valence-electron chi connectivity index (χ0n) is 12.2. The molecule has 4 heteroatoms. The maximum absolute atomic E-state index is 12.3. The largest absolute Gasteiger partial charge is 0.357 e. The van der Waals surface area contributed by atoms with Gasteiger partial charge in [0.05, 0.1) is 6.42 Å². The van der Waals surface area contributed by atoms with Gasteiger partial charge in [-0.3, -0.25) is 9.59 Å². The molecule has 1 heterocycles. The molecule has 108 valence electrons. The van der Waals surface area contributed by atoms with Crippen LogP contribution in [0.1, 0.15) is 30.9 Å². The predicted molar refractivity (Wildman–Crippen MR) is 78.3 cm³/mol. The van der Waals surface area contributed by atoms with E-state index in [9.17, 15) is 9.59 Å². The quantitative estimate of drug-likeness (QED) is 0.905. The molecule has 4 nitrogen and oxygen atoms in total. The third-order valence-corrected chi connectivity index (χ3v) is 3.91. The number of amides is 2. The second-order valence-electron chi connectivity index (χ2n) is 5.21. The zero-order valence-corrected chi connectivity index (χ0v) is 12.2. The van der Waals surface area contributed by atoms with Gasteiger partial charge in [0.15, 0.2) is 0 Å². The molecule has 0 saturated carbocycles. The fourth-order valence-electron chi connectivity index (χ4n) is 2.67. The van der Waals surface area contributed by atoms with Crippen LogP contribution in [0.5, 0.6) is 0 Å². The highest BCUT2D eigenvalue weighted by Crippen LogP contribution is 2.19. The van der Waals surface area contributed by atoms with E-state index in [4.69, 9.17) is 0 Å². The molecule has 1 atom stereocenters. The Labute approximate surface area is 120 Å². The van der Waals surface area contributed by atoms with Crippen molar-refractivity contribution in [3.8, 4) is 0 Å². The van der Waals surface area contributed by atoms with E-state index in [1.54, 1.807) is 11.9 Å². The Hall–Kier alpha value is -1.84. The van der Waals surface area contributed by atoms with Crippen molar-refractivity contribution in [1.82, 2.24) is 10.2 Å². The van der Waals surface area contributed by atoms with Gasteiger partial charge in [0.25, 0.3) is 0 Å². The van der Waals surface area contributed by atoms with Gasteiger partial charge in [0.1, 0.15) is 6.04 Å². The van der Waals surface area contributed by atoms with Crippen LogP contribution in [0.4, 0.5) is 0 Å². The standard InChI is InChI=1S/C16H22N2O2/c1-3-12-6-8-13(9-7-12)11-15(19)18-10-4-5-14(18)16(20)17-2/h6-9,14H,3-5,10-11H2,1-2H3,(H,17,20). The minimum Gasteiger partial charge on any atom is -0.357 e. The number of hydrogen-bond acceptors (Lipinski definition) is 2. The Bertz CT molecular complexity index is 482. The molecular formula is C16H22N2O2. The van der Waals surface area contributed by atoms with E-state index in [1.165, 1.54) is 5.56 Å². The molecule has 2 rings (SSSR count). The van der Waals surface area contributed by atoms with E-state index in [0.717, 1.165) is 24.8 Å². The van der Waals surface area contributed by atoms with Gasteiger partial charge in [-0.1, -0.05) is 31.2 Å². The van der Waals surface area contributed by atoms with Crippen LogP contribution in [0.25, 0.3) is 0 Å². The first kappa shape index (κ1) is 14.6. The van der Waals surface area contributed by atoms with E-state index >= 15 is 0 Å². The number of benzene rings is 1. The molecule has 1 saturated heterocycles. The van der Waals surface area contributed by atoms with Crippen molar-refractivity contribution in [3.05, 3.63) is 35.4 Å². The third kappa shape index (κ3) is 3.18. The number of likely N-dealkylation sites (N-methyl/N-ethyl adjacent to an activating group) is 1. The Balaban J connectivity index is 2.01. The number of aryl methyl sites for hydroxylation is 1. The van der Waals surface area contributed by atoms with Crippen LogP contribution in [0.3, 0.4) is 0 Å². The summed E-state index contributed by atoms with van der Waals surface area (Å²) in [5, 5.41) is 2.64. The molecule has 1 aromatic carbocycles. The highest BCUT2D eigenvalue weighted by atomic mass is 16.2. The fraction of sp³-hybridized carbons (Fsp3) is 0.500. The predicted octanol–water partition coefficient (Wildman–Crippen LogP) is 1.53. The summed E-state index contributed by atoms with van der Waals surface area (Å²) in [7, 11) is 1.62. The van der Waals surface area contributed by atoms with Gasteiger partial charge >= 0.3 is 0 Å². The molecular weight excluding hydrogens is 252 g/mol. The summed E-state index contributed by atoms with van der Waals surface area (Å²) in [4.78, 5) is 25.8. The lowest BCUT2D eigenvalue weighted by Crippen LogP contribution is -2.45. The van der Waals surface area contributed by atoms with Crippen LogP contribution in [0.15, 0.2) is 24.3 Å². The van der Waals surface area contributed by atoms with Crippen LogP contribution in [0.2, 0.25) is 0 Å². The number of carbonyl (C=O) groups is 2. The molecule has 1 N–H and O–H groups in total. The first-order valence-corrected chi connectivity index (χ1v) is 7.24. The molecule has 0 spiro atoms. The lowest BCUT2D eigenvalue weighted by molar-refractivity contribution is -0.137. The molecule has 1 aromatic rings. The highest BCUT2D eigenvalue weighted by molar-refractivity contribution is 5.88. The van der Waals surface area contributed by atoms with E-state index < -0.39 is 0 Å². The monoisotopic (exact) mass is 274 g/mol. The van der Waals surface area contributed by atoms with Gasteiger partial charge < -0.3 is 10.2 Å². The van der Waals surface area contributed by atoms with Gasteiger partial charge in [0, 0.05) is 13.6 Å². The van der Waals surface area contributed by atoms with E-state index in [-0.39, 0.29) is 17.9 Å². The molecule has 1 aliphatic heterocycles. The van der Waals surface area contributed by atoms with Crippen LogP contribution < -0.4 is 5.32 Å². The topological polar surface area (TPSA) is 49.4 Å². The molecule has 1 aliphatic rings. The van der Waals surface area contributed by atoms with Gasteiger partial charge in [-0.25, -0.2) is 0 Å². The average molecular weight is 274 g/mol. The maximum Gasteiger partial charge on any atom is 0.242 e. The minimum absolute atomic E-state index is 0.0420. The molecule has 0 bridgehead atoms. The molecule has 20 heavy (non-hydrogen) atoms. The van der Waals surface area contributed by atoms with Crippen LogP contribution in [0, 0.1) is 0 Å². The summed E-state index contributed by atoms with van der Waals surface area (Å²) in [6.07, 6.45) is 3.04. The van der Waals surface area contributed by atoms with Crippen molar-refractivity contribution in [1.29, 1.82) is 0 Å². The van der Waals surface area contributed by atoms with Crippen LogP contribution >= 0.6 is 0 Å². The normalized spacial score (nSPS) is 18.1. The van der Waals surface area contributed by atoms with Crippen molar-refractivity contribution in [2.24, 2.45) is 0 Å². The van der Waals surface area contributed by atoms with Crippen LogP contribution in [-0.2, 0) is 22.4 Å². The van der Waals surface area contributed by atoms with Gasteiger partial charge in [0.2, 0.25) is 11.8 Å². The summed E-state index contributed by atoms with van der Waals surface area (Å²) in [6, 6.07) is 7.83. The number of carbonyl (C=O) groups excluding carboxylic acids is 2. The van der Waals surface area contributed by atoms with Crippen molar-refractivity contribution in [2.75, 3.05) is 13.6 Å². The van der Waals surface area contributed by atoms with Crippen molar-refractivity contribution >= 4 is 11.8 Å². The van der Waals surface area contributed by atoms with Crippen molar-refractivity contribution in [2.45, 2.75) is 38.6 Å². The van der Waals surface area contributed by atoms with Gasteiger partial charge in [-0.15, -0.1) is 0 Å². The van der Waals surface area contributed by atoms with E-state index in [1.807, 2.05) is 12.1 Å². The fourth-order valence-corrected chi connectivity index (χ4v) is 2.67. The van der Waals surface area contributed by atoms with Crippen molar-refractivity contribution < 1.29 is 9.59 Å². The first-order chi connectivity index (χ1) is 9.65. The second kappa shape index (κ2) is 6.55. The maximum atomic E-state index is 12.3. The molecule has 0 aliphatic carbocycles. The summed E-state index contributed by atoms with van der Waals surface area (Å²) in [5.41, 5.74) is 2.28. The number of rotatable bonds is 4. The van der Waals surface area contributed by atoms with Crippen LogP contribution in [-0.4, -0.2) is 36.3 Å². The summed E-state index contributed by atoms with van der Waals surface area (Å²) < 4.78 is 0. The lowest BCUT2D eigenvalue weighted by atomic mass is 10.1. The van der Waals surface area contributed by atoms with Gasteiger partial charge in [-0.05, 0) is 30.4 Å². The summed E-state index contributed by atoms with van der Waals surface area (Å²) in [6.45, 7) is 2.79. The third-order valence-electron chi connectivity index (χ3n) is 3.91. The smallest absolute Gasteiger partial charge is 0.242 e. The summed E-state index contributed by atoms with van der Waals surface area (Å²) in [5.74, 6) is -0.0162. The Morgan fingerprint density at radius 2 is 1.90 bits per heavy atom. The number of hydrogen-bond donors (Lipinski definition) is 1. The molecule has 1 unspecified atom stereocenters. The van der Waals surface area contributed by atoms with Crippen molar-refractivity contribution in [3.63, 3.8) is 0 Å². The second-order valence-corrected chi connectivity index (χ2v) is 5.21. The Kier molecular flexibility index (Phi) is 4.77. The number of nitrogens with one attached hydrogen (secondary N) is 1. The highest BCUT2D eigenvalue weighted by Gasteiger charge is 2.33. The first-order valence-electron chi connectivity index (χ1n) is 7.24.